The summed E-state index contributed by atoms with van der Waals surface area (Å²) in [5.74, 6) is 1.97. The van der Waals surface area contributed by atoms with E-state index >= 15 is 0 Å². The minimum absolute atomic E-state index is 0.132. The van der Waals surface area contributed by atoms with E-state index in [-0.39, 0.29) is 5.84 Å². The topological polar surface area (TPSA) is 67.7 Å². The summed E-state index contributed by atoms with van der Waals surface area (Å²) in [5, 5.41) is 7.55. The second-order valence-electron chi connectivity index (χ2n) is 4.56. The summed E-state index contributed by atoms with van der Waals surface area (Å²) in [6.07, 6.45) is 5.99. The molecule has 2 heterocycles. The largest absolute Gasteiger partial charge is 0.382 e. The van der Waals surface area contributed by atoms with Gasteiger partial charge in [0.15, 0.2) is 0 Å². The summed E-state index contributed by atoms with van der Waals surface area (Å²) in [4.78, 5) is 4.57. The third-order valence-corrected chi connectivity index (χ3v) is 3.34. The Hall–Kier alpha value is -1.32. The Bertz CT molecular complexity index is 414. The van der Waals surface area contributed by atoms with E-state index in [0.717, 1.165) is 18.7 Å². The molecule has 3 N–H and O–H groups in total. The molecule has 0 amide bonds. The number of nitrogens with zero attached hydrogens (tertiary/aromatic N) is 2. The van der Waals surface area contributed by atoms with Crippen LogP contribution >= 0.6 is 0 Å². The van der Waals surface area contributed by atoms with Gasteiger partial charge in [-0.2, -0.15) is 0 Å². The number of nitrogen functional groups attached to an aromatic ring is 1. The van der Waals surface area contributed by atoms with Crippen LogP contribution < -0.4 is 5.73 Å². The molecule has 3 rings (SSSR count). The lowest BCUT2D eigenvalue weighted by molar-refractivity contribution is 0.514. The first-order valence-corrected chi connectivity index (χ1v) is 5.71. The maximum Gasteiger partial charge on any atom is 0.143 e. The lowest BCUT2D eigenvalue weighted by Gasteiger charge is -2.17. The number of fused-ring (bicyclic) bond motifs is 1. The highest BCUT2D eigenvalue weighted by molar-refractivity contribution is 5.94. The van der Waals surface area contributed by atoms with Crippen molar-refractivity contribution in [3.8, 4) is 0 Å². The molecule has 1 saturated carbocycles. The van der Waals surface area contributed by atoms with Crippen LogP contribution in [0.25, 0.3) is 0 Å². The Balaban J connectivity index is 2.11. The van der Waals surface area contributed by atoms with Gasteiger partial charge < -0.3 is 10.3 Å². The first kappa shape index (κ1) is 8.95. The molecule has 0 spiro atoms. The third kappa shape index (κ3) is 1.35. The average molecular weight is 204 g/mol. The Morgan fingerprint density at radius 3 is 2.87 bits per heavy atom. The van der Waals surface area contributed by atoms with Crippen molar-refractivity contribution < 1.29 is 0 Å². The lowest BCUT2D eigenvalue weighted by atomic mass is 10.1. The zero-order valence-corrected chi connectivity index (χ0v) is 8.79. The summed E-state index contributed by atoms with van der Waals surface area (Å²) in [6.45, 7) is 1.07. The molecule has 0 atom stereocenters. The van der Waals surface area contributed by atoms with E-state index in [1.165, 1.54) is 37.2 Å². The highest BCUT2D eigenvalue weighted by Gasteiger charge is 2.32. The first-order valence-electron chi connectivity index (χ1n) is 5.71. The first-order chi connectivity index (χ1) is 7.27. The molecule has 80 valence electrons. The highest BCUT2D eigenvalue weighted by atomic mass is 15.1. The van der Waals surface area contributed by atoms with Crippen LogP contribution in [0, 0.1) is 5.41 Å². The lowest BCUT2D eigenvalue weighted by Crippen LogP contribution is -2.17. The molecule has 1 aromatic heterocycles. The summed E-state index contributed by atoms with van der Waals surface area (Å²) >= 11 is 0. The number of hydrogen-bond donors (Lipinski definition) is 2. The van der Waals surface area contributed by atoms with Crippen LogP contribution in [0.1, 0.15) is 48.8 Å². The van der Waals surface area contributed by atoms with Crippen molar-refractivity contribution in [1.29, 1.82) is 5.41 Å². The highest BCUT2D eigenvalue weighted by Crippen LogP contribution is 2.41. The van der Waals surface area contributed by atoms with Crippen molar-refractivity contribution in [2.24, 2.45) is 5.73 Å². The van der Waals surface area contributed by atoms with Gasteiger partial charge in [0.25, 0.3) is 0 Å². The quantitative estimate of drug-likeness (QED) is 0.564. The number of rotatable bonds is 2. The molecular formula is C11H16N4. The van der Waals surface area contributed by atoms with Gasteiger partial charge in [-0.25, -0.2) is 4.98 Å². The molecule has 1 aliphatic heterocycles. The number of nitrogens with two attached hydrogens (primary N) is 1. The van der Waals surface area contributed by atoms with Crippen molar-refractivity contribution in [3.63, 3.8) is 0 Å². The smallest absolute Gasteiger partial charge is 0.143 e. The van der Waals surface area contributed by atoms with Crippen molar-refractivity contribution in [2.45, 2.75) is 44.6 Å². The van der Waals surface area contributed by atoms with E-state index in [1.807, 2.05) is 0 Å². The molecule has 2 aliphatic rings. The van der Waals surface area contributed by atoms with Crippen LogP contribution in [-0.4, -0.2) is 15.4 Å². The molecule has 0 bridgehead atoms. The van der Waals surface area contributed by atoms with Gasteiger partial charge in [-0.15, -0.1) is 0 Å². The van der Waals surface area contributed by atoms with Gasteiger partial charge >= 0.3 is 0 Å². The van der Waals surface area contributed by atoms with Gasteiger partial charge in [0.1, 0.15) is 17.4 Å². The predicted molar refractivity (Wildman–Crippen MR) is 58.2 cm³/mol. The minimum atomic E-state index is 0.132. The molecule has 1 aliphatic carbocycles. The number of nitrogens with one attached hydrogen (secondary N) is 1. The Morgan fingerprint density at radius 1 is 1.40 bits per heavy atom. The molecule has 4 nitrogen and oxygen atoms in total. The van der Waals surface area contributed by atoms with Crippen molar-refractivity contribution in [1.82, 2.24) is 9.55 Å². The van der Waals surface area contributed by atoms with Crippen molar-refractivity contribution >= 4 is 5.84 Å². The van der Waals surface area contributed by atoms with Crippen LogP contribution in [0.15, 0.2) is 0 Å². The van der Waals surface area contributed by atoms with Gasteiger partial charge in [-0.1, -0.05) is 0 Å². The average Bonchev–Trinajstić information content (AvgIpc) is 2.99. The van der Waals surface area contributed by atoms with E-state index in [1.54, 1.807) is 0 Å². The standard InChI is InChI=1S/C11H16N4/c12-10(13)9-8-3-1-2-6-15(8)11(14-9)7-4-5-7/h7H,1-6H2,(H3,12,13). The second kappa shape index (κ2) is 3.08. The maximum absolute atomic E-state index is 7.55. The summed E-state index contributed by atoms with van der Waals surface area (Å²) in [6, 6.07) is 0. The Morgan fingerprint density at radius 2 is 2.20 bits per heavy atom. The van der Waals surface area contributed by atoms with E-state index in [2.05, 4.69) is 9.55 Å². The van der Waals surface area contributed by atoms with Crippen LogP contribution in [-0.2, 0) is 13.0 Å². The Kier molecular flexibility index (Phi) is 1.84. The molecule has 0 saturated heterocycles. The predicted octanol–water partition coefficient (Wildman–Crippen LogP) is 1.38. The molecule has 1 fully saturated rings. The van der Waals surface area contributed by atoms with Gasteiger partial charge in [0.05, 0.1) is 0 Å². The summed E-state index contributed by atoms with van der Waals surface area (Å²) in [5.41, 5.74) is 7.53. The Labute approximate surface area is 89.0 Å². The molecule has 1 aromatic rings. The molecule has 0 radical (unpaired) electrons. The van der Waals surface area contributed by atoms with Crippen molar-refractivity contribution in [2.75, 3.05) is 0 Å². The zero-order chi connectivity index (χ0) is 10.4. The molecule has 4 heteroatoms. The number of amidine groups is 1. The van der Waals surface area contributed by atoms with Crippen LogP contribution in [0.4, 0.5) is 0 Å². The number of hydrogen-bond acceptors (Lipinski definition) is 2. The van der Waals surface area contributed by atoms with Gasteiger partial charge in [0.2, 0.25) is 0 Å². The second-order valence-corrected chi connectivity index (χ2v) is 4.56. The molecular weight excluding hydrogens is 188 g/mol. The SMILES string of the molecule is N=C(N)c1nc(C2CC2)n2c1CCCC2. The summed E-state index contributed by atoms with van der Waals surface area (Å²) < 4.78 is 2.32. The van der Waals surface area contributed by atoms with Crippen molar-refractivity contribution in [3.05, 3.63) is 17.2 Å². The van der Waals surface area contributed by atoms with E-state index in [9.17, 15) is 0 Å². The fraction of sp³-hybridized carbons (Fsp3) is 0.636. The van der Waals surface area contributed by atoms with Gasteiger partial charge in [-0.05, 0) is 32.1 Å². The summed E-state index contributed by atoms with van der Waals surface area (Å²) in [7, 11) is 0. The van der Waals surface area contributed by atoms with E-state index in [0.29, 0.717) is 5.92 Å². The fourth-order valence-electron chi connectivity index (χ4n) is 2.44. The zero-order valence-electron chi connectivity index (χ0n) is 8.79. The molecule has 0 unspecified atom stereocenters. The van der Waals surface area contributed by atoms with E-state index in [4.69, 9.17) is 11.1 Å². The third-order valence-electron chi connectivity index (χ3n) is 3.34. The maximum atomic E-state index is 7.55. The minimum Gasteiger partial charge on any atom is -0.382 e. The number of imidazole rings is 1. The van der Waals surface area contributed by atoms with E-state index < -0.39 is 0 Å². The normalized spacial score (nSPS) is 20.0. The van der Waals surface area contributed by atoms with Crippen LogP contribution in [0.3, 0.4) is 0 Å². The van der Waals surface area contributed by atoms with Crippen LogP contribution in [0.2, 0.25) is 0 Å². The monoisotopic (exact) mass is 204 g/mol. The van der Waals surface area contributed by atoms with Gasteiger partial charge in [0, 0.05) is 18.2 Å². The molecule has 15 heavy (non-hydrogen) atoms. The van der Waals surface area contributed by atoms with Gasteiger partial charge in [-0.3, -0.25) is 5.41 Å². The number of aromatic nitrogens is 2. The van der Waals surface area contributed by atoms with Crippen LogP contribution in [0.5, 0.6) is 0 Å². The fourth-order valence-corrected chi connectivity index (χ4v) is 2.44. The molecule has 0 aromatic carbocycles.